The quantitative estimate of drug-likeness (QED) is 0.717. The molecule has 0 aromatic heterocycles. The van der Waals surface area contributed by atoms with E-state index in [-0.39, 0.29) is 30.4 Å². The highest BCUT2D eigenvalue weighted by molar-refractivity contribution is 7.89. The molecule has 6 nitrogen and oxygen atoms in total. The van der Waals surface area contributed by atoms with E-state index in [1.54, 1.807) is 24.3 Å². The minimum atomic E-state index is -3.44. The van der Waals surface area contributed by atoms with Crippen LogP contribution in [0.1, 0.15) is 19.4 Å². The number of rotatable bonds is 6. The number of carbonyl (C=O) groups is 1. The third kappa shape index (κ3) is 6.25. The molecule has 2 unspecified atom stereocenters. The van der Waals surface area contributed by atoms with Crippen LogP contribution in [0.5, 0.6) is 0 Å². The molecule has 1 aromatic carbocycles. The van der Waals surface area contributed by atoms with Gasteiger partial charge in [0, 0.05) is 25.7 Å². The molecule has 0 bridgehead atoms. The zero-order chi connectivity index (χ0) is 19.3. The predicted molar refractivity (Wildman–Crippen MR) is 104 cm³/mol. The molecule has 0 aliphatic carbocycles. The lowest BCUT2D eigenvalue weighted by Crippen LogP contribution is -2.49. The van der Waals surface area contributed by atoms with Crippen molar-refractivity contribution in [2.45, 2.75) is 26.1 Å². The fourth-order valence-electron chi connectivity index (χ4n) is 2.64. The highest BCUT2D eigenvalue weighted by Crippen LogP contribution is 2.23. The lowest BCUT2D eigenvalue weighted by molar-refractivity contribution is -0.116. The minimum absolute atomic E-state index is 0.0347. The Bertz CT molecular complexity index is 773. The molecule has 2 atom stereocenters. The number of nitrogens with zero attached hydrogens (tertiary/aromatic N) is 1. The van der Waals surface area contributed by atoms with Crippen LogP contribution in [-0.4, -0.2) is 56.2 Å². The van der Waals surface area contributed by atoms with Gasteiger partial charge in [-0.1, -0.05) is 29.3 Å². The number of morpholine rings is 1. The Morgan fingerprint density at radius 1 is 1.27 bits per heavy atom. The van der Waals surface area contributed by atoms with Gasteiger partial charge in [-0.2, -0.15) is 4.31 Å². The Kier molecular flexibility index (Phi) is 7.49. The maximum absolute atomic E-state index is 12.4. The molecule has 9 heteroatoms. The van der Waals surface area contributed by atoms with Crippen molar-refractivity contribution in [3.8, 4) is 0 Å². The van der Waals surface area contributed by atoms with Gasteiger partial charge in [0.1, 0.15) is 0 Å². The van der Waals surface area contributed by atoms with Crippen molar-refractivity contribution in [3.05, 3.63) is 39.9 Å². The topological polar surface area (TPSA) is 75.7 Å². The van der Waals surface area contributed by atoms with Gasteiger partial charge >= 0.3 is 0 Å². The van der Waals surface area contributed by atoms with E-state index in [4.69, 9.17) is 27.9 Å². The summed E-state index contributed by atoms with van der Waals surface area (Å²) in [6, 6.07) is 5.00. The lowest BCUT2D eigenvalue weighted by Gasteiger charge is -2.34. The first kappa shape index (κ1) is 21.2. The van der Waals surface area contributed by atoms with Gasteiger partial charge in [0.15, 0.2) is 0 Å². The van der Waals surface area contributed by atoms with E-state index in [0.29, 0.717) is 23.1 Å². The number of hydrogen-bond donors (Lipinski definition) is 1. The smallest absolute Gasteiger partial charge is 0.244 e. The average molecular weight is 421 g/mol. The number of sulfonamides is 1. The molecule has 0 radical (unpaired) electrons. The molecule has 26 heavy (non-hydrogen) atoms. The van der Waals surface area contributed by atoms with Crippen LogP contribution in [0.3, 0.4) is 0 Å². The number of ether oxygens (including phenoxy) is 1. The first-order chi connectivity index (χ1) is 12.2. The number of amides is 1. The van der Waals surface area contributed by atoms with Gasteiger partial charge in [-0.05, 0) is 37.6 Å². The Hall–Kier alpha value is -1.12. The van der Waals surface area contributed by atoms with Crippen molar-refractivity contribution in [1.29, 1.82) is 0 Å². The van der Waals surface area contributed by atoms with E-state index in [9.17, 15) is 13.2 Å². The third-order valence-corrected chi connectivity index (χ3v) is 6.35. The molecule has 1 aromatic rings. The summed E-state index contributed by atoms with van der Waals surface area (Å²) in [4.78, 5) is 11.8. The average Bonchev–Trinajstić information content (AvgIpc) is 2.55. The minimum Gasteiger partial charge on any atom is -0.373 e. The van der Waals surface area contributed by atoms with Crippen molar-refractivity contribution >= 4 is 45.2 Å². The van der Waals surface area contributed by atoms with Crippen LogP contribution in [0, 0.1) is 0 Å². The summed E-state index contributed by atoms with van der Waals surface area (Å²) in [5.41, 5.74) is 0.721. The molecule has 1 aliphatic rings. The van der Waals surface area contributed by atoms with Gasteiger partial charge in [0.2, 0.25) is 15.9 Å². The number of halogens is 2. The van der Waals surface area contributed by atoms with Crippen molar-refractivity contribution in [1.82, 2.24) is 9.62 Å². The van der Waals surface area contributed by atoms with Crippen LogP contribution in [0.4, 0.5) is 0 Å². The van der Waals surface area contributed by atoms with E-state index in [1.807, 2.05) is 13.8 Å². The standard InChI is InChI=1S/C17H22Cl2N2O4S/c1-12-10-21(11-13(2)25-12)26(23,24)8-7-20-17(22)6-4-14-3-5-15(18)16(19)9-14/h3-6,9,12-13H,7-8,10-11H2,1-2H3,(H,20,22)/b6-4+. The second-order valence-electron chi connectivity index (χ2n) is 6.19. The molecular weight excluding hydrogens is 399 g/mol. The number of hydrogen-bond acceptors (Lipinski definition) is 4. The summed E-state index contributed by atoms with van der Waals surface area (Å²) >= 11 is 11.7. The normalized spacial score (nSPS) is 21.8. The number of carbonyl (C=O) groups excluding carboxylic acids is 1. The van der Waals surface area contributed by atoms with Gasteiger partial charge in [-0.3, -0.25) is 4.79 Å². The van der Waals surface area contributed by atoms with Gasteiger partial charge in [0.25, 0.3) is 0 Å². The molecule has 1 aliphatic heterocycles. The third-order valence-electron chi connectivity index (χ3n) is 3.81. The van der Waals surface area contributed by atoms with Crippen LogP contribution >= 0.6 is 23.2 Å². The molecule has 1 N–H and O–H groups in total. The fraction of sp³-hybridized carbons (Fsp3) is 0.471. The van der Waals surface area contributed by atoms with E-state index in [0.717, 1.165) is 5.56 Å². The maximum atomic E-state index is 12.4. The zero-order valence-corrected chi connectivity index (χ0v) is 16.9. The van der Waals surface area contributed by atoms with E-state index in [2.05, 4.69) is 5.32 Å². The summed E-state index contributed by atoms with van der Waals surface area (Å²) in [5, 5.41) is 3.41. The second-order valence-corrected chi connectivity index (χ2v) is 9.09. The molecule has 0 spiro atoms. The van der Waals surface area contributed by atoms with Gasteiger partial charge in [-0.25, -0.2) is 8.42 Å². The van der Waals surface area contributed by atoms with Gasteiger partial charge < -0.3 is 10.1 Å². The molecule has 0 saturated carbocycles. The number of nitrogens with one attached hydrogen (secondary N) is 1. The molecule has 2 rings (SSSR count). The molecule has 144 valence electrons. The van der Waals surface area contributed by atoms with Crippen molar-refractivity contribution in [3.63, 3.8) is 0 Å². The summed E-state index contributed by atoms with van der Waals surface area (Å²) in [7, 11) is -3.44. The first-order valence-electron chi connectivity index (χ1n) is 8.21. The van der Waals surface area contributed by atoms with Crippen LogP contribution in [0.15, 0.2) is 24.3 Å². The molecule has 1 fully saturated rings. The molecule has 1 saturated heterocycles. The van der Waals surface area contributed by atoms with Crippen LogP contribution in [0.25, 0.3) is 6.08 Å². The van der Waals surface area contributed by atoms with Crippen LogP contribution in [0.2, 0.25) is 10.0 Å². The van der Waals surface area contributed by atoms with E-state index in [1.165, 1.54) is 10.4 Å². The Morgan fingerprint density at radius 2 is 1.92 bits per heavy atom. The van der Waals surface area contributed by atoms with Gasteiger partial charge in [0.05, 0.1) is 28.0 Å². The summed E-state index contributed by atoms with van der Waals surface area (Å²) in [6.45, 7) is 4.38. The monoisotopic (exact) mass is 420 g/mol. The van der Waals surface area contributed by atoms with Crippen LogP contribution in [-0.2, 0) is 19.6 Å². The molecular formula is C17H22Cl2N2O4S. The molecule has 1 heterocycles. The highest BCUT2D eigenvalue weighted by atomic mass is 35.5. The van der Waals surface area contributed by atoms with Crippen molar-refractivity contribution in [2.75, 3.05) is 25.4 Å². The largest absolute Gasteiger partial charge is 0.373 e. The van der Waals surface area contributed by atoms with E-state index < -0.39 is 10.0 Å². The second kappa shape index (κ2) is 9.19. The predicted octanol–water partition coefficient (Wildman–Crippen LogP) is 2.56. The van der Waals surface area contributed by atoms with Crippen molar-refractivity contribution in [2.24, 2.45) is 0 Å². The lowest BCUT2D eigenvalue weighted by atomic mass is 10.2. The zero-order valence-electron chi connectivity index (χ0n) is 14.6. The van der Waals surface area contributed by atoms with Gasteiger partial charge in [-0.15, -0.1) is 0 Å². The summed E-state index contributed by atoms with van der Waals surface area (Å²) in [6.07, 6.45) is 2.62. The summed E-state index contributed by atoms with van der Waals surface area (Å²) in [5.74, 6) is -0.534. The van der Waals surface area contributed by atoms with E-state index >= 15 is 0 Å². The Morgan fingerprint density at radius 3 is 2.54 bits per heavy atom. The first-order valence-corrected chi connectivity index (χ1v) is 10.6. The van der Waals surface area contributed by atoms with Crippen LogP contribution < -0.4 is 5.32 Å². The summed E-state index contributed by atoms with van der Waals surface area (Å²) < 4.78 is 31.7. The maximum Gasteiger partial charge on any atom is 0.244 e. The number of benzene rings is 1. The fourth-order valence-corrected chi connectivity index (χ4v) is 4.44. The van der Waals surface area contributed by atoms with Crippen molar-refractivity contribution < 1.29 is 17.9 Å². The molecule has 1 amide bonds. The highest BCUT2D eigenvalue weighted by Gasteiger charge is 2.30. The Labute approximate surface area is 164 Å². The SMILES string of the molecule is CC1CN(S(=O)(=O)CCNC(=O)/C=C/c2ccc(Cl)c(Cl)c2)CC(C)O1. The Balaban J connectivity index is 1.83.